The third-order valence-corrected chi connectivity index (χ3v) is 21.4. The fraction of sp³-hybridized carbons (Fsp3) is 0.345. The number of rotatable bonds is 13. The molecule has 0 amide bonds. The second kappa shape index (κ2) is 62.1. The van der Waals surface area contributed by atoms with Crippen molar-refractivity contribution in [3.05, 3.63) is 416 Å². The Morgan fingerprint density at radius 1 is 0.243 bits per heavy atom. The Morgan fingerprint density at radius 2 is 0.632 bits per heavy atom. The van der Waals surface area contributed by atoms with E-state index in [1.54, 1.807) is 43.4 Å². The van der Waals surface area contributed by atoms with Crippen LogP contribution in [0.3, 0.4) is 0 Å². The first-order valence-corrected chi connectivity index (χ1v) is 48.2. The highest BCUT2D eigenvalue weighted by atomic mass is 16.6. The van der Waals surface area contributed by atoms with Crippen molar-refractivity contribution < 1.29 is 14.0 Å². The van der Waals surface area contributed by atoms with Crippen molar-refractivity contribution >= 4 is 38.5 Å². The Labute approximate surface area is 814 Å². The van der Waals surface area contributed by atoms with Crippen LogP contribution < -0.4 is 14.0 Å². The maximum atomic E-state index is 5.49. The van der Waals surface area contributed by atoms with E-state index in [9.17, 15) is 0 Å². The molecule has 0 spiro atoms. The summed E-state index contributed by atoms with van der Waals surface area (Å²) >= 11 is 0. The van der Waals surface area contributed by atoms with Gasteiger partial charge in [0.25, 0.3) is 0 Å². The average Bonchev–Trinajstić information content (AvgIpc) is 0.989. The second-order valence-corrected chi connectivity index (χ2v) is 36.8. The molecule has 0 fully saturated rings. The lowest BCUT2D eigenvalue weighted by molar-refractivity contribution is -0.716. The third-order valence-electron chi connectivity index (χ3n) is 21.4. The first-order valence-electron chi connectivity index (χ1n) is 48.2. The van der Waals surface area contributed by atoms with Crippen LogP contribution in [0, 0.1) is 0 Å². The van der Waals surface area contributed by atoms with Gasteiger partial charge in [0.05, 0.1) is 22.1 Å². The van der Waals surface area contributed by atoms with Gasteiger partial charge in [-0.2, -0.15) is 0 Å². The van der Waals surface area contributed by atoms with Gasteiger partial charge < -0.3 is 13.9 Å². The molecule has 0 N–H and O–H groups in total. The minimum Gasteiger partial charge on any atom is -0.486 e. The van der Waals surface area contributed by atoms with Crippen LogP contribution in [0.2, 0.25) is 0 Å². The molecule has 1 aliphatic rings. The van der Waals surface area contributed by atoms with E-state index in [4.69, 9.17) is 9.47 Å². The molecule has 0 bridgehead atoms. The van der Waals surface area contributed by atoms with Gasteiger partial charge in [-0.05, 0) is 245 Å². The van der Waals surface area contributed by atoms with Crippen molar-refractivity contribution in [3.8, 4) is 11.5 Å². The molecule has 0 unspecified atom stereocenters. The van der Waals surface area contributed by atoms with Gasteiger partial charge in [0.15, 0.2) is 29.9 Å². The van der Waals surface area contributed by atoms with Crippen LogP contribution in [-0.2, 0) is 0 Å². The highest BCUT2D eigenvalue weighted by Crippen LogP contribution is 2.33. The van der Waals surface area contributed by atoms with Crippen LogP contribution >= 0.6 is 0 Å². The maximum absolute atomic E-state index is 5.49. The molecule has 4 aromatic carbocycles. The van der Waals surface area contributed by atoms with Crippen LogP contribution in [0.5, 0.6) is 11.5 Å². The normalized spacial score (nSPS) is 10.9. The summed E-state index contributed by atoms with van der Waals surface area (Å²) in [6, 6.07) is 76.2. The Hall–Kier alpha value is -13.5. The molecule has 1 aliphatic heterocycles. The van der Waals surface area contributed by atoms with Crippen molar-refractivity contribution in [3.63, 3.8) is 0 Å². The average molecular weight is 1820 g/mol. The molecule has 136 heavy (non-hydrogen) atoms. The van der Waals surface area contributed by atoms with Crippen molar-refractivity contribution in [1.29, 1.82) is 0 Å². The molecule has 0 atom stereocenters. The van der Waals surface area contributed by atoms with Crippen LogP contribution in [0.15, 0.2) is 348 Å². The van der Waals surface area contributed by atoms with Gasteiger partial charge in [-0.25, -0.2) is 19.5 Å². The van der Waals surface area contributed by atoms with Gasteiger partial charge in [0.2, 0.25) is 0 Å². The van der Waals surface area contributed by atoms with E-state index in [1.807, 2.05) is 195 Å². The molecule has 0 saturated heterocycles. The molecule has 0 radical (unpaired) electrons. The number of hydrogen-bond acceptors (Lipinski definition) is 15. The maximum Gasteiger partial charge on any atom is 0.169 e. The van der Waals surface area contributed by atoms with Crippen molar-refractivity contribution in [2.75, 3.05) is 13.2 Å². The predicted molar refractivity (Wildman–Crippen MR) is 569 cm³/mol. The summed E-state index contributed by atoms with van der Waals surface area (Å²) in [4.78, 5) is 54.0. The summed E-state index contributed by atoms with van der Waals surface area (Å²) in [6.45, 7) is 57.5. The number of pyridine rings is 10. The SMILES string of the molecule is CC(C)[n+]1ccccc1.CC(C)c1ccc2c(c1)OCCO2.CC(C)c1ccc2ncccc2c1.CC(C)c1ccc2nccn2c1.CC(C)c1ccc2nccnc2c1.CC(C)c1ccccn1.CC(C)c1ccccn1.CC(C)c1ccccn1.CC(C)c1cccnc1.CC(C)c1cccnc1.CC(C)c1cccnc1.CC(C)c1cnc2ccccc2c1.CC(C)c1ncccn1. The van der Waals surface area contributed by atoms with E-state index in [0.29, 0.717) is 90.3 Å². The Morgan fingerprint density at radius 3 is 1.05 bits per heavy atom. The molecule has 17 nitrogen and oxygen atoms in total. The van der Waals surface area contributed by atoms with Gasteiger partial charge in [0.1, 0.15) is 24.7 Å². The van der Waals surface area contributed by atoms with Gasteiger partial charge in [-0.3, -0.25) is 49.8 Å². The zero-order valence-electron chi connectivity index (χ0n) is 85.9. The fourth-order valence-corrected chi connectivity index (χ4v) is 12.6. The van der Waals surface area contributed by atoms with Crippen molar-refractivity contribution in [1.82, 2.24) is 69.2 Å². The zero-order chi connectivity index (χ0) is 99.1. The van der Waals surface area contributed by atoms with E-state index in [1.165, 1.54) is 55.3 Å². The monoisotopic (exact) mass is 1820 g/mol. The third kappa shape index (κ3) is 42.4. The van der Waals surface area contributed by atoms with E-state index < -0.39 is 0 Å². The van der Waals surface area contributed by atoms with Gasteiger partial charge >= 0.3 is 0 Å². The van der Waals surface area contributed by atoms with Crippen LogP contribution in [0.4, 0.5) is 0 Å². The Balaban J connectivity index is 0.000000227. The number of imidazole rings is 1. The number of hydrogen-bond donors (Lipinski definition) is 0. The number of fused-ring (bicyclic) bond motifs is 5. The lowest BCUT2D eigenvalue weighted by atomic mass is 10.0. The minimum atomic E-state index is 0.436. The summed E-state index contributed by atoms with van der Waals surface area (Å²) in [5.41, 5.74) is 19.1. The van der Waals surface area contributed by atoms with E-state index in [2.05, 4.69) is 363 Å². The quantitative estimate of drug-likeness (QED) is 0.0989. The minimum absolute atomic E-state index is 0.436. The standard InChI is InChI=1S/2C12H13N.C11H12N2.C11H14O2.C10H12N2.3C8H11N.C8H12N.3C8H11N.C7H10N2/c1-9(2)10-5-6-12-11(8-10)4-3-7-13-12;1-9(2)11-7-10-5-3-4-6-12(10)13-8-11;2*1-8(2)9-3-4-10-11(7-9)13-6-5-12-10;1-8(2)9-3-4-10-11-5-6-12(10)7-9;3*1-7(2)8-4-3-5-9-6-8;1-8(2)9-6-4-3-5-7-9;3*1-7(2)8-5-3-4-6-9-8;1-6(2)7-8-4-3-5-9-7/h2*3-9H,1-2H3;3-8H,1-2H3;3-4,7-8H,5-6H2,1-2H3;3-8H,1-2H3;3*3-7H,1-2H3;3-8H,1-2H3;3*3-7H,1-2H3;3-6H,1-2H3/q;;;;;;;;+1;;;;. The molecule has 17 heteroatoms. The molecule has 0 saturated carbocycles. The summed E-state index contributed by atoms with van der Waals surface area (Å²) in [5, 5.41) is 2.46. The Bertz CT molecular complexity index is 5270. The Kier molecular flexibility index (Phi) is 50.8. The summed E-state index contributed by atoms with van der Waals surface area (Å²) < 4.78 is 15.1. The van der Waals surface area contributed by atoms with Crippen LogP contribution in [0.1, 0.15) is 324 Å². The predicted octanol–water partition coefficient (Wildman–Crippen LogP) is 30.9. The smallest absolute Gasteiger partial charge is 0.169 e. The van der Waals surface area contributed by atoms with E-state index in [-0.39, 0.29) is 0 Å². The summed E-state index contributed by atoms with van der Waals surface area (Å²) in [7, 11) is 0. The van der Waals surface area contributed by atoms with E-state index >= 15 is 0 Å². The topological polar surface area (TPSA) is 194 Å². The number of nitrogens with zero attached hydrogens (tertiary/aromatic N) is 15. The van der Waals surface area contributed by atoms with Crippen LogP contribution in [0.25, 0.3) is 38.5 Å². The zero-order valence-corrected chi connectivity index (χ0v) is 85.9. The molecular formula is C119H152N15O2+. The first kappa shape index (κ1) is 111. The summed E-state index contributed by atoms with van der Waals surface area (Å²) in [5.74, 6) is 9.34. The van der Waals surface area contributed by atoms with Gasteiger partial charge in [-0.15, -0.1) is 0 Å². The summed E-state index contributed by atoms with van der Waals surface area (Å²) in [6.07, 6.45) is 37.4. The van der Waals surface area contributed by atoms with Gasteiger partial charge in [-0.1, -0.05) is 257 Å². The highest BCUT2D eigenvalue weighted by molar-refractivity contribution is 5.80. The lowest BCUT2D eigenvalue weighted by Gasteiger charge is -2.19. The number of benzene rings is 4. The molecule has 14 heterocycles. The largest absolute Gasteiger partial charge is 0.486 e. The molecule has 18 rings (SSSR count). The van der Waals surface area contributed by atoms with Crippen molar-refractivity contribution in [2.45, 2.75) is 257 Å². The number of aromatic nitrogens is 15. The fourth-order valence-electron chi connectivity index (χ4n) is 12.6. The van der Waals surface area contributed by atoms with Gasteiger partial charge in [0, 0.05) is 157 Å². The number of para-hydroxylation sites is 1. The molecule has 0 aliphatic carbocycles. The first-order chi connectivity index (χ1) is 65.3. The number of ether oxygens (including phenoxy) is 2. The molecular weight excluding hydrogens is 1670 g/mol. The van der Waals surface area contributed by atoms with E-state index in [0.717, 1.165) is 62.1 Å². The highest BCUT2D eigenvalue weighted by Gasteiger charge is 2.14. The molecule has 17 aromatic rings. The molecule has 714 valence electrons. The second-order valence-electron chi connectivity index (χ2n) is 36.8. The van der Waals surface area contributed by atoms with Crippen molar-refractivity contribution in [2.24, 2.45) is 0 Å². The lowest BCUT2D eigenvalue weighted by Crippen LogP contribution is -2.34. The molecule has 13 aromatic heterocycles. The van der Waals surface area contributed by atoms with Crippen LogP contribution in [-0.4, -0.2) is 82.4 Å².